The highest BCUT2D eigenvalue weighted by atomic mass is 19.4. The molecular weight excluding hydrogens is 231 g/mol. The molecule has 0 saturated carbocycles. The number of aromatic nitrogens is 1. The van der Waals surface area contributed by atoms with Gasteiger partial charge in [-0.1, -0.05) is 0 Å². The number of rotatable bonds is 1. The molecular formula is C12H10F3NO. The summed E-state index contributed by atoms with van der Waals surface area (Å²) in [4.78, 5) is 11.5. The maximum atomic E-state index is 12.6. The van der Waals surface area contributed by atoms with Crippen molar-refractivity contribution in [3.05, 3.63) is 46.2 Å². The molecule has 2 nitrogen and oxygen atoms in total. The molecule has 1 aromatic heterocycles. The third kappa shape index (κ3) is 2.05. The standard InChI is InChI=1S/C12H10F3NO/c1-2-16-6-5-11(17)9-4-3-8(7-10(9)16)12(13,14)15/h3-7H,2H2,1H3. The molecule has 0 amide bonds. The first kappa shape index (κ1) is 11.7. The zero-order chi connectivity index (χ0) is 12.6. The Kier molecular flexibility index (Phi) is 2.69. The Morgan fingerprint density at radius 3 is 2.53 bits per heavy atom. The van der Waals surface area contributed by atoms with Crippen LogP contribution in [0.1, 0.15) is 12.5 Å². The van der Waals surface area contributed by atoms with Gasteiger partial charge >= 0.3 is 6.18 Å². The van der Waals surface area contributed by atoms with Gasteiger partial charge in [0.25, 0.3) is 0 Å². The monoisotopic (exact) mass is 241 g/mol. The summed E-state index contributed by atoms with van der Waals surface area (Å²) >= 11 is 0. The average Bonchev–Trinajstić information content (AvgIpc) is 2.28. The van der Waals surface area contributed by atoms with Crippen molar-refractivity contribution in [1.82, 2.24) is 4.57 Å². The van der Waals surface area contributed by atoms with Crippen molar-refractivity contribution in [2.24, 2.45) is 0 Å². The third-order valence-corrected chi connectivity index (χ3v) is 2.65. The van der Waals surface area contributed by atoms with E-state index in [-0.39, 0.29) is 5.43 Å². The van der Waals surface area contributed by atoms with Gasteiger partial charge in [0.15, 0.2) is 5.43 Å². The van der Waals surface area contributed by atoms with Crippen LogP contribution in [0.25, 0.3) is 10.9 Å². The topological polar surface area (TPSA) is 22.0 Å². The normalized spacial score (nSPS) is 12.0. The van der Waals surface area contributed by atoms with Crippen LogP contribution in [0, 0.1) is 0 Å². The van der Waals surface area contributed by atoms with Gasteiger partial charge in [0, 0.05) is 24.2 Å². The quantitative estimate of drug-likeness (QED) is 0.752. The molecule has 0 saturated heterocycles. The highest BCUT2D eigenvalue weighted by Gasteiger charge is 2.30. The number of aryl methyl sites for hydroxylation is 1. The lowest BCUT2D eigenvalue weighted by Gasteiger charge is -2.11. The van der Waals surface area contributed by atoms with Crippen LogP contribution >= 0.6 is 0 Å². The van der Waals surface area contributed by atoms with E-state index in [4.69, 9.17) is 0 Å². The Labute approximate surface area is 95.3 Å². The number of benzene rings is 1. The Morgan fingerprint density at radius 1 is 1.24 bits per heavy atom. The van der Waals surface area contributed by atoms with Crippen molar-refractivity contribution in [2.75, 3.05) is 0 Å². The minimum absolute atomic E-state index is 0.265. The van der Waals surface area contributed by atoms with Crippen molar-refractivity contribution in [3.63, 3.8) is 0 Å². The van der Waals surface area contributed by atoms with Gasteiger partial charge in [0.2, 0.25) is 0 Å². The van der Waals surface area contributed by atoms with E-state index in [1.54, 1.807) is 4.57 Å². The first-order valence-corrected chi connectivity index (χ1v) is 5.14. The lowest BCUT2D eigenvalue weighted by atomic mass is 10.1. The van der Waals surface area contributed by atoms with Crippen molar-refractivity contribution < 1.29 is 13.2 Å². The number of halogens is 3. The molecule has 1 heterocycles. The summed E-state index contributed by atoms with van der Waals surface area (Å²) in [7, 11) is 0. The van der Waals surface area contributed by atoms with E-state index in [1.807, 2.05) is 6.92 Å². The molecule has 0 aliphatic heterocycles. The van der Waals surface area contributed by atoms with Gasteiger partial charge in [-0.25, -0.2) is 0 Å². The van der Waals surface area contributed by atoms with Gasteiger partial charge in [-0.3, -0.25) is 4.79 Å². The van der Waals surface area contributed by atoms with Crippen molar-refractivity contribution in [1.29, 1.82) is 0 Å². The fraction of sp³-hybridized carbons (Fsp3) is 0.250. The molecule has 0 spiro atoms. The van der Waals surface area contributed by atoms with Crippen LogP contribution < -0.4 is 5.43 Å². The first-order chi connectivity index (χ1) is 7.93. The van der Waals surface area contributed by atoms with Crippen LogP contribution in [-0.2, 0) is 12.7 Å². The third-order valence-electron chi connectivity index (χ3n) is 2.65. The molecule has 2 rings (SSSR count). The number of nitrogens with zero attached hydrogens (tertiary/aromatic N) is 1. The molecule has 0 radical (unpaired) electrons. The lowest BCUT2D eigenvalue weighted by molar-refractivity contribution is -0.137. The molecule has 0 fully saturated rings. The summed E-state index contributed by atoms with van der Waals surface area (Å²) in [6, 6.07) is 4.54. The summed E-state index contributed by atoms with van der Waals surface area (Å²) in [5, 5.41) is 0.308. The fourth-order valence-electron chi connectivity index (χ4n) is 1.76. The molecule has 90 valence electrons. The summed E-state index contributed by atoms with van der Waals surface area (Å²) in [5.74, 6) is 0. The highest BCUT2D eigenvalue weighted by Crippen LogP contribution is 2.30. The van der Waals surface area contributed by atoms with Crippen molar-refractivity contribution in [2.45, 2.75) is 19.6 Å². The zero-order valence-electron chi connectivity index (χ0n) is 9.08. The van der Waals surface area contributed by atoms with Crippen molar-refractivity contribution >= 4 is 10.9 Å². The van der Waals surface area contributed by atoms with Gasteiger partial charge < -0.3 is 4.57 Å². The summed E-state index contributed by atoms with van der Waals surface area (Å²) in [6.07, 6.45) is -2.89. The minimum Gasteiger partial charge on any atom is -0.348 e. The van der Waals surface area contributed by atoms with Gasteiger partial charge in [-0.15, -0.1) is 0 Å². The van der Waals surface area contributed by atoms with E-state index >= 15 is 0 Å². The van der Waals surface area contributed by atoms with E-state index in [2.05, 4.69) is 0 Å². The number of pyridine rings is 1. The van der Waals surface area contributed by atoms with Gasteiger partial charge in [-0.2, -0.15) is 13.2 Å². The molecule has 2 aromatic rings. The maximum absolute atomic E-state index is 12.6. The maximum Gasteiger partial charge on any atom is 0.416 e. The van der Waals surface area contributed by atoms with Crippen LogP contribution in [-0.4, -0.2) is 4.57 Å². The van der Waals surface area contributed by atoms with E-state index in [0.717, 1.165) is 12.1 Å². The minimum atomic E-state index is -4.39. The Hall–Kier alpha value is -1.78. The van der Waals surface area contributed by atoms with Gasteiger partial charge in [0.1, 0.15) is 0 Å². The number of hydrogen-bond acceptors (Lipinski definition) is 1. The average molecular weight is 241 g/mol. The lowest BCUT2D eigenvalue weighted by Crippen LogP contribution is -2.10. The summed E-state index contributed by atoms with van der Waals surface area (Å²) in [6.45, 7) is 2.32. The predicted molar refractivity (Wildman–Crippen MR) is 58.9 cm³/mol. The SMILES string of the molecule is CCn1ccc(=O)c2ccc(C(F)(F)F)cc21. The smallest absolute Gasteiger partial charge is 0.348 e. The molecule has 0 N–H and O–H groups in total. The predicted octanol–water partition coefficient (Wildman–Crippen LogP) is 3.04. The Morgan fingerprint density at radius 2 is 1.94 bits per heavy atom. The summed E-state index contributed by atoms with van der Waals surface area (Å²) < 4.78 is 39.3. The Bertz CT molecular complexity index is 613. The zero-order valence-corrected chi connectivity index (χ0v) is 9.08. The van der Waals surface area contributed by atoms with Crippen LogP contribution in [0.15, 0.2) is 35.3 Å². The van der Waals surface area contributed by atoms with E-state index in [1.165, 1.54) is 18.3 Å². The molecule has 0 bridgehead atoms. The Balaban J connectivity index is 2.80. The second-order valence-electron chi connectivity index (χ2n) is 3.70. The molecule has 17 heavy (non-hydrogen) atoms. The van der Waals surface area contributed by atoms with Gasteiger partial charge in [-0.05, 0) is 25.1 Å². The number of fused-ring (bicyclic) bond motifs is 1. The largest absolute Gasteiger partial charge is 0.416 e. The molecule has 0 aliphatic carbocycles. The highest BCUT2D eigenvalue weighted by molar-refractivity contribution is 5.79. The first-order valence-electron chi connectivity index (χ1n) is 5.14. The van der Waals surface area contributed by atoms with Crippen LogP contribution in [0.4, 0.5) is 13.2 Å². The van der Waals surface area contributed by atoms with Crippen LogP contribution in [0.5, 0.6) is 0 Å². The fourth-order valence-corrected chi connectivity index (χ4v) is 1.76. The second kappa shape index (κ2) is 3.91. The molecule has 0 unspecified atom stereocenters. The van der Waals surface area contributed by atoms with Crippen LogP contribution in [0.2, 0.25) is 0 Å². The number of hydrogen-bond donors (Lipinski definition) is 0. The van der Waals surface area contributed by atoms with Crippen LogP contribution in [0.3, 0.4) is 0 Å². The molecule has 1 aromatic carbocycles. The van der Waals surface area contributed by atoms with Gasteiger partial charge in [0.05, 0.1) is 11.1 Å². The van der Waals surface area contributed by atoms with E-state index in [0.29, 0.717) is 17.4 Å². The van der Waals surface area contributed by atoms with E-state index < -0.39 is 11.7 Å². The molecule has 0 aliphatic rings. The van der Waals surface area contributed by atoms with Crippen molar-refractivity contribution in [3.8, 4) is 0 Å². The van der Waals surface area contributed by atoms with E-state index in [9.17, 15) is 18.0 Å². The summed E-state index contributed by atoms with van der Waals surface area (Å²) in [5.41, 5.74) is -0.689. The second-order valence-corrected chi connectivity index (χ2v) is 3.70. The molecule has 5 heteroatoms. The molecule has 0 atom stereocenters. The number of alkyl halides is 3.